The van der Waals surface area contributed by atoms with Crippen LogP contribution in [0.2, 0.25) is 0 Å². The molecule has 1 N–H and O–H groups in total. The number of aryl methyl sites for hydroxylation is 2. The second-order valence-corrected chi connectivity index (χ2v) is 4.66. The van der Waals surface area contributed by atoms with Crippen LogP contribution in [0, 0.1) is 11.7 Å². The van der Waals surface area contributed by atoms with Crippen molar-refractivity contribution in [3.8, 4) is 5.75 Å². The molecule has 0 aliphatic carbocycles. The Labute approximate surface area is 112 Å². The second-order valence-electron chi connectivity index (χ2n) is 4.27. The average Bonchev–Trinajstić information content (AvgIpc) is 2.66. The molecule has 4 nitrogen and oxygen atoms in total. The van der Waals surface area contributed by atoms with Crippen molar-refractivity contribution < 1.29 is 4.74 Å². The molecule has 0 saturated carbocycles. The molecule has 1 aromatic carbocycles. The molecule has 0 radical (unpaired) electrons. The van der Waals surface area contributed by atoms with Crippen LogP contribution >= 0.6 is 12.2 Å². The summed E-state index contributed by atoms with van der Waals surface area (Å²) in [5.41, 5.74) is 1.21. The summed E-state index contributed by atoms with van der Waals surface area (Å²) in [6, 6.07) is 8.07. The van der Waals surface area contributed by atoms with Gasteiger partial charge in [0.2, 0.25) is 0 Å². The molecule has 0 atom stereocenters. The van der Waals surface area contributed by atoms with Gasteiger partial charge in [-0.1, -0.05) is 12.1 Å². The van der Waals surface area contributed by atoms with Crippen molar-refractivity contribution in [1.29, 1.82) is 0 Å². The number of nitrogens with one attached hydrogen (secondary N) is 1. The minimum atomic E-state index is 0.657. The van der Waals surface area contributed by atoms with Gasteiger partial charge in [0, 0.05) is 13.5 Å². The van der Waals surface area contributed by atoms with Gasteiger partial charge in [-0.3, -0.25) is 5.10 Å². The topological polar surface area (TPSA) is 42.8 Å². The summed E-state index contributed by atoms with van der Waals surface area (Å²) in [4.78, 5) is 0. The maximum atomic E-state index is 5.68. The van der Waals surface area contributed by atoms with Crippen LogP contribution in [-0.4, -0.2) is 21.4 Å². The van der Waals surface area contributed by atoms with Crippen LogP contribution in [0.5, 0.6) is 5.75 Å². The van der Waals surface area contributed by atoms with E-state index in [0.29, 0.717) is 11.4 Å². The normalized spacial score (nSPS) is 10.6. The molecule has 0 fully saturated rings. The molecule has 2 aromatic rings. The van der Waals surface area contributed by atoms with Crippen molar-refractivity contribution in [2.24, 2.45) is 7.05 Å². The van der Waals surface area contributed by atoms with E-state index < -0.39 is 0 Å². The highest BCUT2D eigenvalue weighted by molar-refractivity contribution is 7.71. The number of aromatic nitrogens is 3. The Morgan fingerprint density at radius 2 is 2.28 bits per heavy atom. The molecule has 0 aliphatic heterocycles. The van der Waals surface area contributed by atoms with Gasteiger partial charge >= 0.3 is 0 Å². The molecule has 0 aliphatic rings. The SMILES string of the molecule is Cc1cccc(OCCCc2n[nH]c(=S)n2C)c1. The van der Waals surface area contributed by atoms with E-state index in [2.05, 4.69) is 23.2 Å². The largest absolute Gasteiger partial charge is 0.494 e. The third-order valence-corrected chi connectivity index (χ3v) is 3.14. The van der Waals surface area contributed by atoms with Gasteiger partial charge in [0.15, 0.2) is 4.77 Å². The molecule has 0 amide bonds. The summed E-state index contributed by atoms with van der Waals surface area (Å²) in [6.07, 6.45) is 1.77. The predicted octanol–water partition coefficient (Wildman–Crippen LogP) is 2.80. The predicted molar refractivity (Wildman–Crippen MR) is 73.4 cm³/mol. The van der Waals surface area contributed by atoms with E-state index in [4.69, 9.17) is 17.0 Å². The van der Waals surface area contributed by atoms with E-state index in [9.17, 15) is 0 Å². The minimum absolute atomic E-state index is 0.657. The number of aromatic amines is 1. The van der Waals surface area contributed by atoms with Crippen LogP contribution in [0.1, 0.15) is 17.8 Å². The Bertz CT molecular complexity index is 574. The zero-order chi connectivity index (χ0) is 13.0. The number of nitrogens with zero attached hydrogens (tertiary/aromatic N) is 2. The van der Waals surface area contributed by atoms with E-state index in [1.165, 1.54) is 5.56 Å². The van der Waals surface area contributed by atoms with Crippen molar-refractivity contribution >= 4 is 12.2 Å². The third kappa shape index (κ3) is 3.20. The summed E-state index contributed by atoms with van der Waals surface area (Å²) < 4.78 is 8.23. The average molecular weight is 263 g/mol. The van der Waals surface area contributed by atoms with Gasteiger partial charge in [0.1, 0.15) is 11.6 Å². The Hall–Kier alpha value is -1.62. The van der Waals surface area contributed by atoms with Crippen molar-refractivity contribution in [2.45, 2.75) is 19.8 Å². The zero-order valence-electron chi connectivity index (χ0n) is 10.6. The summed E-state index contributed by atoms with van der Waals surface area (Å²) in [5, 5.41) is 6.94. The van der Waals surface area contributed by atoms with Crippen LogP contribution in [0.4, 0.5) is 0 Å². The molecule has 1 aromatic heterocycles. The fourth-order valence-electron chi connectivity index (χ4n) is 1.73. The summed E-state index contributed by atoms with van der Waals surface area (Å²) in [6.45, 7) is 2.74. The van der Waals surface area contributed by atoms with Gasteiger partial charge < -0.3 is 9.30 Å². The van der Waals surface area contributed by atoms with Crippen molar-refractivity contribution in [1.82, 2.24) is 14.8 Å². The lowest BCUT2D eigenvalue weighted by molar-refractivity contribution is 0.309. The van der Waals surface area contributed by atoms with Gasteiger partial charge in [-0.2, -0.15) is 5.10 Å². The smallest absolute Gasteiger partial charge is 0.194 e. The highest BCUT2D eigenvalue weighted by atomic mass is 32.1. The Kier molecular flexibility index (Phi) is 4.15. The number of rotatable bonds is 5. The first-order valence-electron chi connectivity index (χ1n) is 5.96. The fourth-order valence-corrected chi connectivity index (χ4v) is 1.88. The molecular weight excluding hydrogens is 246 g/mol. The van der Waals surface area contributed by atoms with E-state index in [1.54, 1.807) is 0 Å². The van der Waals surface area contributed by atoms with Gasteiger partial charge in [-0.15, -0.1) is 0 Å². The van der Waals surface area contributed by atoms with Crippen molar-refractivity contribution in [3.05, 3.63) is 40.4 Å². The van der Waals surface area contributed by atoms with Crippen molar-refractivity contribution in [2.75, 3.05) is 6.61 Å². The molecule has 5 heteroatoms. The highest BCUT2D eigenvalue weighted by Gasteiger charge is 2.02. The fraction of sp³-hybridized carbons (Fsp3) is 0.385. The van der Waals surface area contributed by atoms with E-state index in [-0.39, 0.29) is 0 Å². The maximum Gasteiger partial charge on any atom is 0.194 e. The standard InChI is InChI=1S/C13H17N3OS/c1-10-5-3-6-11(9-10)17-8-4-7-12-14-15-13(18)16(12)2/h3,5-6,9H,4,7-8H2,1-2H3,(H,15,18). The quantitative estimate of drug-likeness (QED) is 0.666. The second kappa shape index (κ2) is 5.82. The monoisotopic (exact) mass is 263 g/mol. The number of H-pyrrole nitrogens is 1. The van der Waals surface area contributed by atoms with E-state index >= 15 is 0 Å². The van der Waals surface area contributed by atoms with Crippen LogP contribution < -0.4 is 4.74 Å². The van der Waals surface area contributed by atoms with Crippen LogP contribution in [0.25, 0.3) is 0 Å². The molecule has 0 bridgehead atoms. The summed E-state index contributed by atoms with van der Waals surface area (Å²) in [5.74, 6) is 1.89. The highest BCUT2D eigenvalue weighted by Crippen LogP contribution is 2.12. The van der Waals surface area contributed by atoms with Crippen molar-refractivity contribution in [3.63, 3.8) is 0 Å². The zero-order valence-corrected chi connectivity index (χ0v) is 11.5. The van der Waals surface area contributed by atoms with E-state index in [1.807, 2.05) is 29.8 Å². The molecule has 18 heavy (non-hydrogen) atoms. The van der Waals surface area contributed by atoms with Gasteiger partial charge in [-0.05, 0) is 43.3 Å². The first-order valence-corrected chi connectivity index (χ1v) is 6.37. The van der Waals surface area contributed by atoms with Gasteiger partial charge in [-0.25, -0.2) is 0 Å². The Morgan fingerprint density at radius 3 is 2.94 bits per heavy atom. The van der Waals surface area contributed by atoms with Crippen LogP contribution in [0.3, 0.4) is 0 Å². The molecule has 96 valence electrons. The summed E-state index contributed by atoms with van der Waals surface area (Å²) >= 11 is 5.06. The molecule has 0 saturated heterocycles. The summed E-state index contributed by atoms with van der Waals surface area (Å²) in [7, 11) is 1.92. The molecule has 0 spiro atoms. The number of hydrogen-bond donors (Lipinski definition) is 1. The first kappa shape index (κ1) is 12.8. The lowest BCUT2D eigenvalue weighted by Gasteiger charge is -2.06. The molecule has 0 unspecified atom stereocenters. The third-order valence-electron chi connectivity index (χ3n) is 2.78. The number of benzene rings is 1. The van der Waals surface area contributed by atoms with Crippen LogP contribution in [0.15, 0.2) is 24.3 Å². The Morgan fingerprint density at radius 1 is 1.44 bits per heavy atom. The number of hydrogen-bond acceptors (Lipinski definition) is 3. The first-order chi connectivity index (χ1) is 8.66. The maximum absolute atomic E-state index is 5.68. The minimum Gasteiger partial charge on any atom is -0.494 e. The molecular formula is C13H17N3OS. The lowest BCUT2D eigenvalue weighted by atomic mass is 10.2. The number of ether oxygens (including phenoxy) is 1. The van der Waals surface area contributed by atoms with Gasteiger partial charge in [0.05, 0.1) is 6.61 Å². The molecule has 1 heterocycles. The Balaban J connectivity index is 1.80. The molecule has 2 rings (SSSR count). The van der Waals surface area contributed by atoms with Crippen LogP contribution in [-0.2, 0) is 13.5 Å². The van der Waals surface area contributed by atoms with E-state index in [0.717, 1.165) is 24.4 Å². The van der Waals surface area contributed by atoms with Gasteiger partial charge in [0.25, 0.3) is 0 Å². The lowest BCUT2D eigenvalue weighted by Crippen LogP contribution is -2.03.